The van der Waals surface area contributed by atoms with Crippen molar-refractivity contribution in [3.63, 3.8) is 0 Å². The summed E-state index contributed by atoms with van der Waals surface area (Å²) in [6.07, 6.45) is 11.3. The van der Waals surface area contributed by atoms with Crippen LogP contribution in [-0.4, -0.2) is 42.3 Å². The quantitative estimate of drug-likeness (QED) is 0.850. The summed E-state index contributed by atoms with van der Waals surface area (Å²) in [5.74, 6) is 0.929. The van der Waals surface area contributed by atoms with Gasteiger partial charge in [0.1, 0.15) is 0 Å². The Morgan fingerprint density at radius 2 is 1.95 bits per heavy atom. The van der Waals surface area contributed by atoms with Crippen molar-refractivity contribution in [3.05, 3.63) is 0 Å². The molecule has 110 valence electrons. The molecule has 0 aromatic heterocycles. The third-order valence-corrected chi connectivity index (χ3v) is 5.82. The van der Waals surface area contributed by atoms with Crippen LogP contribution in [0.2, 0.25) is 0 Å². The van der Waals surface area contributed by atoms with Crippen LogP contribution in [0, 0.1) is 5.92 Å². The first-order valence-electron chi connectivity index (χ1n) is 8.31. The minimum absolute atomic E-state index is 0.203. The highest BCUT2D eigenvalue weighted by Gasteiger charge is 2.43. The van der Waals surface area contributed by atoms with E-state index in [9.17, 15) is 0 Å². The van der Waals surface area contributed by atoms with E-state index in [4.69, 9.17) is 10.5 Å². The summed E-state index contributed by atoms with van der Waals surface area (Å²) < 4.78 is 6.01. The van der Waals surface area contributed by atoms with Gasteiger partial charge in [0.05, 0.1) is 12.7 Å². The third-order valence-electron chi connectivity index (χ3n) is 5.82. The fraction of sp³-hybridized carbons (Fsp3) is 1.00. The van der Waals surface area contributed by atoms with Gasteiger partial charge < -0.3 is 10.5 Å². The second-order valence-electron chi connectivity index (χ2n) is 7.16. The Bertz CT molecular complexity index is 303. The van der Waals surface area contributed by atoms with Crippen LogP contribution in [0.3, 0.4) is 0 Å². The van der Waals surface area contributed by atoms with E-state index in [1.165, 1.54) is 51.4 Å². The molecule has 3 nitrogen and oxygen atoms in total. The van der Waals surface area contributed by atoms with E-state index in [-0.39, 0.29) is 5.54 Å². The van der Waals surface area contributed by atoms with Crippen molar-refractivity contribution in [2.24, 2.45) is 11.7 Å². The predicted molar refractivity (Wildman–Crippen MR) is 78.1 cm³/mol. The molecule has 3 unspecified atom stereocenters. The van der Waals surface area contributed by atoms with Gasteiger partial charge in [0.2, 0.25) is 0 Å². The largest absolute Gasteiger partial charge is 0.375 e. The third kappa shape index (κ3) is 2.70. The van der Waals surface area contributed by atoms with Crippen molar-refractivity contribution >= 4 is 0 Å². The summed E-state index contributed by atoms with van der Waals surface area (Å²) in [4.78, 5) is 2.73. The van der Waals surface area contributed by atoms with Crippen LogP contribution in [0.25, 0.3) is 0 Å². The molecular formula is C16H30N2O. The predicted octanol–water partition coefficient (Wildman–Crippen LogP) is 2.54. The van der Waals surface area contributed by atoms with Gasteiger partial charge in [-0.3, -0.25) is 4.90 Å². The van der Waals surface area contributed by atoms with Crippen molar-refractivity contribution in [2.45, 2.75) is 76.0 Å². The zero-order chi connectivity index (χ0) is 13.3. The number of nitrogens with two attached hydrogens (primary N) is 1. The number of hydrogen-bond donors (Lipinski definition) is 1. The van der Waals surface area contributed by atoms with Gasteiger partial charge in [-0.25, -0.2) is 0 Å². The highest BCUT2D eigenvalue weighted by atomic mass is 16.5. The Hall–Kier alpha value is -0.120. The molecule has 1 heterocycles. The lowest BCUT2D eigenvalue weighted by Gasteiger charge is -2.53. The van der Waals surface area contributed by atoms with E-state index in [1.807, 2.05) is 0 Å². The Morgan fingerprint density at radius 3 is 2.63 bits per heavy atom. The van der Waals surface area contributed by atoms with Gasteiger partial charge in [-0.15, -0.1) is 0 Å². The van der Waals surface area contributed by atoms with E-state index in [0.29, 0.717) is 12.1 Å². The molecule has 1 saturated heterocycles. The number of fused-ring (bicyclic) bond motifs is 1. The normalized spacial score (nSPS) is 36.3. The van der Waals surface area contributed by atoms with Crippen molar-refractivity contribution in [1.82, 2.24) is 4.90 Å². The fourth-order valence-corrected chi connectivity index (χ4v) is 4.40. The van der Waals surface area contributed by atoms with Crippen LogP contribution < -0.4 is 5.73 Å². The molecule has 0 aromatic rings. The van der Waals surface area contributed by atoms with Crippen LogP contribution in [0.15, 0.2) is 0 Å². The summed E-state index contributed by atoms with van der Waals surface area (Å²) in [6, 6.07) is 0.635. The van der Waals surface area contributed by atoms with Crippen molar-refractivity contribution in [2.75, 3.05) is 19.7 Å². The summed E-state index contributed by atoms with van der Waals surface area (Å²) in [5.41, 5.74) is 6.41. The SMILES string of the molecule is CC(CN)(CC1CCC1)N1CCOC2CCCCC21. The summed E-state index contributed by atoms with van der Waals surface area (Å²) >= 11 is 0. The van der Waals surface area contributed by atoms with E-state index < -0.39 is 0 Å². The Labute approximate surface area is 117 Å². The number of morpholine rings is 1. The molecule has 0 radical (unpaired) electrons. The first kappa shape index (κ1) is 13.8. The zero-order valence-electron chi connectivity index (χ0n) is 12.4. The van der Waals surface area contributed by atoms with Crippen LogP contribution in [0.4, 0.5) is 0 Å². The van der Waals surface area contributed by atoms with Gasteiger partial charge in [-0.2, -0.15) is 0 Å². The number of rotatable bonds is 4. The van der Waals surface area contributed by atoms with E-state index in [2.05, 4.69) is 11.8 Å². The van der Waals surface area contributed by atoms with Crippen LogP contribution >= 0.6 is 0 Å². The van der Waals surface area contributed by atoms with Crippen molar-refractivity contribution in [3.8, 4) is 0 Å². The van der Waals surface area contributed by atoms with Crippen LogP contribution in [0.5, 0.6) is 0 Å². The molecule has 2 saturated carbocycles. The van der Waals surface area contributed by atoms with Gasteiger partial charge in [0.15, 0.2) is 0 Å². The average Bonchev–Trinajstić information content (AvgIpc) is 2.42. The molecule has 3 atom stereocenters. The van der Waals surface area contributed by atoms with Crippen molar-refractivity contribution in [1.29, 1.82) is 0 Å². The maximum atomic E-state index is 6.20. The summed E-state index contributed by atoms with van der Waals surface area (Å²) in [5, 5.41) is 0. The topological polar surface area (TPSA) is 38.5 Å². The average molecular weight is 266 g/mol. The summed E-state index contributed by atoms with van der Waals surface area (Å²) in [6.45, 7) is 5.19. The first-order chi connectivity index (χ1) is 9.23. The number of ether oxygens (including phenoxy) is 1. The number of nitrogens with zero attached hydrogens (tertiary/aromatic N) is 1. The van der Waals surface area contributed by atoms with Gasteiger partial charge >= 0.3 is 0 Å². The molecule has 2 N–H and O–H groups in total. The number of hydrogen-bond acceptors (Lipinski definition) is 3. The molecule has 19 heavy (non-hydrogen) atoms. The van der Waals surface area contributed by atoms with Crippen LogP contribution in [0.1, 0.15) is 58.3 Å². The molecule has 0 aromatic carbocycles. The standard InChI is InChI=1S/C16H30N2O/c1-16(12-17,11-13-5-4-6-13)18-9-10-19-15-8-3-2-7-14(15)18/h13-15H,2-12,17H2,1H3. The molecule has 1 aliphatic heterocycles. The second-order valence-corrected chi connectivity index (χ2v) is 7.16. The molecule has 3 rings (SSSR count). The molecule has 0 bridgehead atoms. The lowest BCUT2D eigenvalue weighted by atomic mass is 9.74. The maximum Gasteiger partial charge on any atom is 0.0731 e. The lowest BCUT2D eigenvalue weighted by molar-refractivity contribution is -0.127. The van der Waals surface area contributed by atoms with Crippen molar-refractivity contribution < 1.29 is 4.74 Å². The van der Waals surface area contributed by atoms with E-state index in [1.54, 1.807) is 0 Å². The van der Waals surface area contributed by atoms with Gasteiger partial charge in [0, 0.05) is 24.7 Å². The Balaban J connectivity index is 1.72. The molecular weight excluding hydrogens is 236 g/mol. The van der Waals surface area contributed by atoms with Gasteiger partial charge in [-0.1, -0.05) is 32.1 Å². The molecule has 3 aliphatic rings. The van der Waals surface area contributed by atoms with Crippen LogP contribution in [-0.2, 0) is 4.74 Å². The molecule has 0 spiro atoms. The fourth-order valence-electron chi connectivity index (χ4n) is 4.40. The zero-order valence-corrected chi connectivity index (χ0v) is 12.4. The molecule has 3 heteroatoms. The Kier molecular flexibility index (Phi) is 4.16. The minimum atomic E-state index is 0.203. The Morgan fingerprint density at radius 1 is 1.16 bits per heavy atom. The van der Waals surface area contributed by atoms with E-state index >= 15 is 0 Å². The highest BCUT2D eigenvalue weighted by Crippen LogP contribution is 2.39. The molecule has 2 aliphatic carbocycles. The highest BCUT2D eigenvalue weighted by molar-refractivity contribution is 4.99. The maximum absolute atomic E-state index is 6.20. The minimum Gasteiger partial charge on any atom is -0.375 e. The monoisotopic (exact) mass is 266 g/mol. The lowest BCUT2D eigenvalue weighted by Crippen LogP contribution is -2.64. The summed E-state index contributed by atoms with van der Waals surface area (Å²) in [7, 11) is 0. The molecule has 0 amide bonds. The van der Waals surface area contributed by atoms with Gasteiger partial charge in [-0.05, 0) is 32.1 Å². The smallest absolute Gasteiger partial charge is 0.0731 e. The first-order valence-corrected chi connectivity index (χ1v) is 8.31. The molecule has 3 fully saturated rings. The second kappa shape index (κ2) is 5.71. The van der Waals surface area contributed by atoms with Gasteiger partial charge in [0.25, 0.3) is 0 Å². The van der Waals surface area contributed by atoms with E-state index in [0.717, 1.165) is 25.6 Å².